The summed E-state index contributed by atoms with van der Waals surface area (Å²) in [5.74, 6) is 0.831. The minimum Gasteiger partial charge on any atom is -0.483 e. The van der Waals surface area contributed by atoms with Gasteiger partial charge < -0.3 is 10.5 Å². The molecule has 0 aliphatic carbocycles. The van der Waals surface area contributed by atoms with Gasteiger partial charge in [-0.15, -0.1) is 0 Å². The molecule has 2 rings (SSSR count). The lowest BCUT2D eigenvalue weighted by Crippen LogP contribution is -2.18. The predicted octanol–water partition coefficient (Wildman–Crippen LogP) is 3.90. The number of hydrogen-bond acceptors (Lipinski definition) is 3. The smallest absolute Gasteiger partial charge is 0.137 e. The van der Waals surface area contributed by atoms with E-state index in [1.165, 1.54) is 5.56 Å². The van der Waals surface area contributed by atoms with E-state index in [0.29, 0.717) is 6.54 Å². The summed E-state index contributed by atoms with van der Waals surface area (Å²) in [6.07, 6.45) is -0.0831. The molecule has 2 N–H and O–H groups in total. The van der Waals surface area contributed by atoms with Crippen molar-refractivity contribution in [2.24, 2.45) is 5.73 Å². The van der Waals surface area contributed by atoms with Crippen LogP contribution < -0.4 is 10.5 Å². The first kappa shape index (κ1) is 12.6. The van der Waals surface area contributed by atoms with Crippen molar-refractivity contribution in [2.75, 3.05) is 6.54 Å². The van der Waals surface area contributed by atoms with Gasteiger partial charge in [0.25, 0.3) is 0 Å². The Hall–Kier alpha value is -0.840. The molecule has 1 heterocycles. The van der Waals surface area contributed by atoms with Crippen LogP contribution in [0.15, 0.2) is 39.5 Å². The van der Waals surface area contributed by atoms with Gasteiger partial charge in [-0.3, -0.25) is 0 Å². The number of halogens is 1. The fourth-order valence-corrected chi connectivity index (χ4v) is 2.85. The zero-order valence-corrected chi connectivity index (χ0v) is 11.9. The van der Waals surface area contributed by atoms with Crippen molar-refractivity contribution < 1.29 is 4.74 Å². The third-order valence-electron chi connectivity index (χ3n) is 2.49. The number of ether oxygens (including phenoxy) is 1. The summed E-state index contributed by atoms with van der Waals surface area (Å²) >= 11 is 5.16. The Morgan fingerprint density at radius 2 is 2.24 bits per heavy atom. The van der Waals surface area contributed by atoms with Crippen LogP contribution in [0.1, 0.15) is 17.2 Å². The zero-order valence-electron chi connectivity index (χ0n) is 9.52. The van der Waals surface area contributed by atoms with Gasteiger partial charge in [0, 0.05) is 12.1 Å². The van der Waals surface area contributed by atoms with Crippen molar-refractivity contribution in [3.8, 4) is 5.75 Å². The molecule has 0 bridgehead atoms. The van der Waals surface area contributed by atoms with Crippen LogP contribution >= 0.6 is 27.3 Å². The summed E-state index contributed by atoms with van der Waals surface area (Å²) in [4.78, 5) is 0. The van der Waals surface area contributed by atoms with Crippen molar-refractivity contribution >= 4 is 27.3 Å². The van der Waals surface area contributed by atoms with Gasteiger partial charge in [-0.05, 0) is 57.4 Å². The first-order chi connectivity index (χ1) is 8.20. The van der Waals surface area contributed by atoms with Gasteiger partial charge in [-0.2, -0.15) is 11.3 Å². The Labute approximate surface area is 114 Å². The van der Waals surface area contributed by atoms with Crippen LogP contribution in [0.3, 0.4) is 0 Å². The minimum absolute atomic E-state index is 0.0831. The van der Waals surface area contributed by atoms with Crippen LogP contribution in [-0.2, 0) is 0 Å². The van der Waals surface area contributed by atoms with E-state index >= 15 is 0 Å². The van der Waals surface area contributed by atoms with Crippen molar-refractivity contribution in [1.29, 1.82) is 0 Å². The Morgan fingerprint density at radius 3 is 2.82 bits per heavy atom. The summed E-state index contributed by atoms with van der Waals surface area (Å²) < 4.78 is 6.89. The molecule has 2 nitrogen and oxygen atoms in total. The third kappa shape index (κ3) is 3.09. The number of thiophene rings is 1. The summed E-state index contributed by atoms with van der Waals surface area (Å²) in [7, 11) is 0. The maximum absolute atomic E-state index is 5.93. The lowest BCUT2D eigenvalue weighted by Gasteiger charge is -2.17. The third-order valence-corrected chi connectivity index (χ3v) is 3.81. The molecule has 1 aromatic heterocycles. The second-order valence-electron chi connectivity index (χ2n) is 3.83. The van der Waals surface area contributed by atoms with Gasteiger partial charge in [0.15, 0.2) is 0 Å². The summed E-state index contributed by atoms with van der Waals surface area (Å²) in [6.45, 7) is 2.52. The Balaban J connectivity index is 2.19. The second kappa shape index (κ2) is 5.67. The van der Waals surface area contributed by atoms with E-state index in [4.69, 9.17) is 10.5 Å². The normalized spacial score (nSPS) is 12.4. The average molecular weight is 312 g/mol. The van der Waals surface area contributed by atoms with Crippen LogP contribution in [0.4, 0.5) is 0 Å². The zero-order chi connectivity index (χ0) is 12.3. The van der Waals surface area contributed by atoms with E-state index < -0.39 is 0 Å². The number of rotatable bonds is 4. The lowest BCUT2D eigenvalue weighted by molar-refractivity contribution is 0.213. The van der Waals surface area contributed by atoms with Gasteiger partial charge in [0.05, 0.1) is 4.47 Å². The molecule has 0 saturated heterocycles. The molecule has 0 spiro atoms. The number of nitrogens with two attached hydrogens (primary N) is 1. The first-order valence-electron chi connectivity index (χ1n) is 5.35. The molecule has 0 fully saturated rings. The molecule has 0 radical (unpaired) electrons. The summed E-state index contributed by atoms with van der Waals surface area (Å²) in [5, 5.41) is 4.10. The molecule has 17 heavy (non-hydrogen) atoms. The van der Waals surface area contributed by atoms with Crippen LogP contribution in [0.25, 0.3) is 0 Å². The van der Waals surface area contributed by atoms with Gasteiger partial charge in [0.1, 0.15) is 11.9 Å². The summed E-state index contributed by atoms with van der Waals surface area (Å²) in [5.41, 5.74) is 8.08. The molecule has 4 heteroatoms. The van der Waals surface area contributed by atoms with E-state index in [-0.39, 0.29) is 6.10 Å². The highest BCUT2D eigenvalue weighted by atomic mass is 79.9. The molecule has 0 amide bonds. The highest BCUT2D eigenvalue weighted by molar-refractivity contribution is 9.10. The van der Waals surface area contributed by atoms with E-state index in [1.54, 1.807) is 11.3 Å². The largest absolute Gasteiger partial charge is 0.483 e. The molecular formula is C13H14BrNOS. The van der Waals surface area contributed by atoms with E-state index in [2.05, 4.69) is 21.3 Å². The van der Waals surface area contributed by atoms with E-state index in [1.807, 2.05) is 36.6 Å². The Bertz CT molecular complexity index is 484. The topological polar surface area (TPSA) is 35.2 Å². The molecule has 1 aromatic carbocycles. The molecule has 0 aliphatic heterocycles. The molecule has 0 saturated carbocycles. The van der Waals surface area contributed by atoms with Gasteiger partial charge in [-0.25, -0.2) is 0 Å². The van der Waals surface area contributed by atoms with Crippen LogP contribution in [0, 0.1) is 6.92 Å². The van der Waals surface area contributed by atoms with Gasteiger partial charge in [-0.1, -0.05) is 6.07 Å². The Kier molecular flexibility index (Phi) is 4.20. The van der Waals surface area contributed by atoms with Crippen molar-refractivity contribution in [1.82, 2.24) is 0 Å². The predicted molar refractivity (Wildman–Crippen MR) is 75.6 cm³/mol. The second-order valence-corrected chi connectivity index (χ2v) is 5.47. The Morgan fingerprint density at radius 1 is 1.41 bits per heavy atom. The molecule has 1 unspecified atom stereocenters. The molecule has 2 aromatic rings. The summed E-state index contributed by atoms with van der Waals surface area (Å²) in [6, 6.07) is 8.08. The maximum atomic E-state index is 5.93. The van der Waals surface area contributed by atoms with E-state index in [9.17, 15) is 0 Å². The molecule has 1 atom stereocenters. The average Bonchev–Trinajstić information content (AvgIpc) is 2.81. The standard InChI is InChI=1S/C13H14BrNOS/c1-9-2-3-12(11(14)6-9)16-13(7-15)10-4-5-17-8-10/h2-6,8,13H,7,15H2,1H3. The quantitative estimate of drug-likeness (QED) is 0.929. The number of aryl methyl sites for hydroxylation is 1. The van der Waals surface area contributed by atoms with E-state index in [0.717, 1.165) is 15.8 Å². The van der Waals surface area contributed by atoms with Gasteiger partial charge in [0.2, 0.25) is 0 Å². The number of hydrogen-bond donors (Lipinski definition) is 1. The molecule has 0 aliphatic rings. The minimum atomic E-state index is -0.0831. The van der Waals surface area contributed by atoms with Crippen molar-refractivity contribution in [3.63, 3.8) is 0 Å². The molecule has 90 valence electrons. The SMILES string of the molecule is Cc1ccc(OC(CN)c2ccsc2)c(Br)c1. The van der Waals surface area contributed by atoms with Gasteiger partial charge >= 0.3 is 0 Å². The first-order valence-corrected chi connectivity index (χ1v) is 7.09. The lowest BCUT2D eigenvalue weighted by atomic mass is 10.2. The molecular weight excluding hydrogens is 298 g/mol. The number of benzene rings is 1. The highest BCUT2D eigenvalue weighted by Gasteiger charge is 2.13. The highest BCUT2D eigenvalue weighted by Crippen LogP contribution is 2.30. The van der Waals surface area contributed by atoms with Crippen LogP contribution in [-0.4, -0.2) is 6.54 Å². The van der Waals surface area contributed by atoms with Crippen LogP contribution in [0.2, 0.25) is 0 Å². The fourth-order valence-electron chi connectivity index (χ4n) is 1.57. The fraction of sp³-hybridized carbons (Fsp3) is 0.231. The maximum Gasteiger partial charge on any atom is 0.137 e. The van der Waals surface area contributed by atoms with Crippen molar-refractivity contribution in [2.45, 2.75) is 13.0 Å². The van der Waals surface area contributed by atoms with Crippen LogP contribution in [0.5, 0.6) is 5.75 Å². The van der Waals surface area contributed by atoms with Crippen molar-refractivity contribution in [3.05, 3.63) is 50.6 Å². The monoisotopic (exact) mass is 311 g/mol.